The van der Waals surface area contributed by atoms with Crippen LogP contribution in [0.3, 0.4) is 0 Å². The van der Waals surface area contributed by atoms with Gasteiger partial charge in [-0.05, 0) is 45.4 Å². The predicted octanol–water partition coefficient (Wildman–Crippen LogP) is 3.45. The Kier molecular flexibility index (Phi) is 3.53. The molecule has 0 unspecified atom stereocenters. The molecule has 1 aromatic heterocycles. The number of anilines is 1. The van der Waals surface area contributed by atoms with E-state index in [1.165, 1.54) is 6.07 Å². The van der Waals surface area contributed by atoms with Crippen LogP contribution in [0.5, 0.6) is 0 Å². The number of fused-ring (bicyclic) bond motifs is 1. The molecule has 106 valence electrons. The zero-order valence-corrected chi connectivity index (χ0v) is 11.9. The van der Waals surface area contributed by atoms with Crippen molar-refractivity contribution < 1.29 is 13.9 Å². The van der Waals surface area contributed by atoms with Crippen molar-refractivity contribution in [1.29, 1.82) is 0 Å². The van der Waals surface area contributed by atoms with Crippen LogP contribution in [0.1, 0.15) is 26.3 Å². The predicted molar refractivity (Wildman–Crippen MR) is 77.1 cm³/mol. The van der Waals surface area contributed by atoms with Gasteiger partial charge in [0, 0.05) is 11.5 Å². The molecule has 0 bridgehead atoms. The molecule has 1 aromatic carbocycles. The highest BCUT2D eigenvalue weighted by molar-refractivity contribution is 5.99. The van der Waals surface area contributed by atoms with E-state index >= 15 is 0 Å². The molecule has 20 heavy (non-hydrogen) atoms. The van der Waals surface area contributed by atoms with Crippen LogP contribution >= 0.6 is 0 Å². The van der Waals surface area contributed by atoms with Crippen molar-refractivity contribution in [2.24, 2.45) is 0 Å². The van der Waals surface area contributed by atoms with Gasteiger partial charge in [0.2, 0.25) is 0 Å². The first kappa shape index (κ1) is 14.1. The minimum absolute atomic E-state index is 0.413. The average molecular weight is 275 g/mol. The minimum atomic E-state index is -0.573. The number of ether oxygens (including phenoxy) is 1. The molecule has 0 aliphatic carbocycles. The van der Waals surface area contributed by atoms with Crippen molar-refractivity contribution in [2.75, 3.05) is 5.32 Å². The van der Waals surface area contributed by atoms with Crippen LogP contribution in [0.2, 0.25) is 0 Å². The van der Waals surface area contributed by atoms with Gasteiger partial charge >= 0.3 is 11.7 Å². The molecule has 0 saturated heterocycles. The van der Waals surface area contributed by atoms with E-state index in [-0.39, 0.29) is 0 Å². The summed E-state index contributed by atoms with van der Waals surface area (Å²) in [7, 11) is 0. The van der Waals surface area contributed by atoms with Gasteiger partial charge in [-0.3, -0.25) is 5.32 Å². The summed E-state index contributed by atoms with van der Waals surface area (Å²) in [6.07, 6.45) is -0.546. The molecule has 0 radical (unpaired) electrons. The normalized spacial score (nSPS) is 11.4. The molecule has 2 aromatic rings. The lowest BCUT2D eigenvalue weighted by Crippen LogP contribution is -2.27. The number of amides is 1. The quantitative estimate of drug-likeness (QED) is 0.809. The van der Waals surface area contributed by atoms with Crippen LogP contribution in [-0.2, 0) is 4.74 Å². The lowest BCUT2D eigenvalue weighted by Gasteiger charge is -2.20. The van der Waals surface area contributed by atoms with E-state index in [2.05, 4.69) is 5.32 Å². The molecule has 1 heterocycles. The fraction of sp³-hybridized carbons (Fsp3) is 0.333. The number of rotatable bonds is 1. The molecule has 1 N–H and O–H groups in total. The number of carbonyl (C=O) groups excluding carboxylic acids is 1. The van der Waals surface area contributed by atoms with Gasteiger partial charge in [-0.2, -0.15) is 0 Å². The van der Waals surface area contributed by atoms with E-state index < -0.39 is 17.3 Å². The Morgan fingerprint density at radius 1 is 1.30 bits per heavy atom. The highest BCUT2D eigenvalue weighted by atomic mass is 16.6. The van der Waals surface area contributed by atoms with Crippen LogP contribution in [0.25, 0.3) is 11.0 Å². The maximum absolute atomic E-state index is 11.8. The van der Waals surface area contributed by atoms with Crippen molar-refractivity contribution in [3.8, 4) is 0 Å². The van der Waals surface area contributed by atoms with Crippen molar-refractivity contribution in [2.45, 2.75) is 33.3 Å². The molecule has 5 nitrogen and oxygen atoms in total. The van der Waals surface area contributed by atoms with Crippen molar-refractivity contribution in [1.82, 2.24) is 0 Å². The summed E-state index contributed by atoms with van der Waals surface area (Å²) in [6.45, 7) is 7.17. The third-order valence-electron chi connectivity index (χ3n) is 2.60. The highest BCUT2D eigenvalue weighted by Crippen LogP contribution is 2.25. The highest BCUT2D eigenvalue weighted by Gasteiger charge is 2.17. The number of aryl methyl sites for hydroxylation is 1. The Morgan fingerprint density at radius 3 is 2.65 bits per heavy atom. The molecule has 2 rings (SSSR count). The van der Waals surface area contributed by atoms with Gasteiger partial charge in [-0.25, -0.2) is 9.59 Å². The average Bonchev–Trinajstić information content (AvgIpc) is 2.25. The largest absolute Gasteiger partial charge is 0.444 e. The standard InChI is InChI=1S/C15H17NO4/c1-9-8-12(17)19-11-7-5-6-10(13(9)11)16-14(18)20-15(2,3)4/h5-8H,1-4H3,(H,16,18). The zero-order valence-electron chi connectivity index (χ0n) is 11.9. The zero-order chi connectivity index (χ0) is 14.9. The first-order chi connectivity index (χ1) is 9.26. The summed E-state index contributed by atoms with van der Waals surface area (Å²) >= 11 is 0. The van der Waals surface area contributed by atoms with Gasteiger partial charge < -0.3 is 9.15 Å². The van der Waals surface area contributed by atoms with E-state index in [0.29, 0.717) is 16.7 Å². The number of benzene rings is 1. The fourth-order valence-corrected chi connectivity index (χ4v) is 1.93. The molecule has 0 atom stereocenters. The molecule has 5 heteroatoms. The molecule has 0 aliphatic rings. The van der Waals surface area contributed by atoms with Crippen LogP contribution in [-0.4, -0.2) is 11.7 Å². The van der Waals surface area contributed by atoms with E-state index in [9.17, 15) is 9.59 Å². The van der Waals surface area contributed by atoms with Crippen LogP contribution < -0.4 is 10.9 Å². The van der Waals surface area contributed by atoms with Crippen molar-refractivity contribution in [3.63, 3.8) is 0 Å². The molecule has 1 amide bonds. The van der Waals surface area contributed by atoms with Crippen molar-refractivity contribution in [3.05, 3.63) is 40.2 Å². The minimum Gasteiger partial charge on any atom is -0.444 e. The number of nitrogens with one attached hydrogen (secondary N) is 1. The SMILES string of the molecule is Cc1cc(=O)oc2cccc(NC(=O)OC(C)(C)C)c12. The Labute approximate surface area is 116 Å². The first-order valence-corrected chi connectivity index (χ1v) is 6.30. The summed E-state index contributed by atoms with van der Waals surface area (Å²) in [5.41, 5.74) is 0.741. The second-order valence-corrected chi connectivity index (χ2v) is 5.55. The summed E-state index contributed by atoms with van der Waals surface area (Å²) < 4.78 is 10.3. The smallest absolute Gasteiger partial charge is 0.412 e. The first-order valence-electron chi connectivity index (χ1n) is 6.30. The Bertz CT molecular complexity index is 710. The van der Waals surface area contributed by atoms with Crippen molar-refractivity contribution >= 4 is 22.7 Å². The van der Waals surface area contributed by atoms with E-state index in [1.54, 1.807) is 45.9 Å². The van der Waals surface area contributed by atoms with Gasteiger partial charge in [0.05, 0.1) is 5.69 Å². The van der Waals surface area contributed by atoms with Crippen LogP contribution in [0, 0.1) is 6.92 Å². The maximum atomic E-state index is 11.8. The van der Waals surface area contributed by atoms with Crippen LogP contribution in [0.15, 0.2) is 33.5 Å². The lowest BCUT2D eigenvalue weighted by molar-refractivity contribution is 0.0636. The van der Waals surface area contributed by atoms with E-state index in [4.69, 9.17) is 9.15 Å². The second-order valence-electron chi connectivity index (χ2n) is 5.55. The van der Waals surface area contributed by atoms with Gasteiger partial charge in [0.25, 0.3) is 0 Å². The Morgan fingerprint density at radius 2 is 2.00 bits per heavy atom. The Balaban J connectivity index is 2.41. The summed E-state index contributed by atoms with van der Waals surface area (Å²) in [4.78, 5) is 23.2. The molecular formula is C15H17NO4. The monoisotopic (exact) mass is 275 g/mol. The second kappa shape index (κ2) is 5.00. The number of hydrogen-bond donors (Lipinski definition) is 1. The summed E-state index contributed by atoms with van der Waals surface area (Å²) in [5.74, 6) is 0. The fourth-order valence-electron chi connectivity index (χ4n) is 1.93. The van der Waals surface area contributed by atoms with E-state index in [0.717, 1.165) is 5.56 Å². The summed E-state index contributed by atoms with van der Waals surface area (Å²) in [5, 5.41) is 3.37. The molecule has 0 spiro atoms. The lowest BCUT2D eigenvalue weighted by atomic mass is 10.1. The third kappa shape index (κ3) is 3.17. The third-order valence-corrected chi connectivity index (χ3v) is 2.60. The van der Waals surface area contributed by atoms with Gasteiger partial charge in [0.15, 0.2) is 0 Å². The number of carbonyl (C=O) groups is 1. The van der Waals surface area contributed by atoms with Gasteiger partial charge in [0.1, 0.15) is 11.2 Å². The van der Waals surface area contributed by atoms with Gasteiger partial charge in [-0.1, -0.05) is 6.07 Å². The molecular weight excluding hydrogens is 258 g/mol. The molecule has 0 aliphatic heterocycles. The van der Waals surface area contributed by atoms with Gasteiger partial charge in [-0.15, -0.1) is 0 Å². The summed E-state index contributed by atoms with van der Waals surface area (Å²) in [6, 6.07) is 6.52. The van der Waals surface area contributed by atoms with Crippen LogP contribution in [0.4, 0.5) is 10.5 Å². The topological polar surface area (TPSA) is 68.5 Å². The molecule has 0 saturated carbocycles. The molecule has 0 fully saturated rings. The number of hydrogen-bond acceptors (Lipinski definition) is 4. The van der Waals surface area contributed by atoms with E-state index in [1.807, 2.05) is 0 Å². The Hall–Kier alpha value is -2.30. The maximum Gasteiger partial charge on any atom is 0.412 e.